The maximum atomic E-state index is 13.8. The number of thioether (sulfide) groups is 1. The van der Waals surface area contributed by atoms with Crippen LogP contribution < -0.4 is 5.73 Å². The Bertz CT molecular complexity index is 350. The number of rotatable bonds is 4. The lowest BCUT2D eigenvalue weighted by atomic mass is 10.1. The van der Waals surface area contributed by atoms with Gasteiger partial charge >= 0.3 is 0 Å². The van der Waals surface area contributed by atoms with E-state index in [1.165, 1.54) is 6.07 Å². The third-order valence-electron chi connectivity index (χ3n) is 2.73. The molecule has 0 aliphatic rings. The van der Waals surface area contributed by atoms with Crippen molar-refractivity contribution in [2.24, 2.45) is 11.7 Å². The van der Waals surface area contributed by atoms with Gasteiger partial charge in [0.2, 0.25) is 0 Å². The lowest BCUT2D eigenvalue weighted by Crippen LogP contribution is -2.11. The summed E-state index contributed by atoms with van der Waals surface area (Å²) < 4.78 is 13.8. The Morgan fingerprint density at radius 3 is 2.31 bits per heavy atom. The van der Waals surface area contributed by atoms with E-state index in [4.69, 9.17) is 5.73 Å². The maximum Gasteiger partial charge on any atom is 0.137 e. The van der Waals surface area contributed by atoms with Crippen LogP contribution in [-0.2, 0) is 0 Å². The Morgan fingerprint density at radius 1 is 1.19 bits per heavy atom. The average Bonchev–Trinajstić information content (AvgIpc) is 2.20. The quantitative estimate of drug-likeness (QED) is 0.807. The molecular formula is C13H20FNS. The first-order chi connectivity index (χ1) is 7.43. The van der Waals surface area contributed by atoms with Crippen LogP contribution in [0.15, 0.2) is 23.1 Å². The van der Waals surface area contributed by atoms with Crippen LogP contribution in [0.1, 0.15) is 39.3 Å². The first-order valence-electron chi connectivity index (χ1n) is 5.64. The standard InChI is InChI=1S/C13H20FNS/c1-8(2)10(4)16-13-11(9(3)15)6-5-7-12(13)14/h5-10H,15H2,1-4H3/t9-,10?/m0/s1. The molecule has 3 heteroatoms. The van der Waals surface area contributed by atoms with E-state index in [1.807, 2.05) is 13.0 Å². The highest BCUT2D eigenvalue weighted by atomic mass is 32.2. The van der Waals surface area contributed by atoms with Crippen molar-refractivity contribution in [3.05, 3.63) is 29.6 Å². The van der Waals surface area contributed by atoms with E-state index in [1.54, 1.807) is 17.8 Å². The summed E-state index contributed by atoms with van der Waals surface area (Å²) in [5.41, 5.74) is 6.76. The van der Waals surface area contributed by atoms with Gasteiger partial charge in [-0.2, -0.15) is 0 Å². The van der Waals surface area contributed by atoms with Crippen molar-refractivity contribution in [3.63, 3.8) is 0 Å². The number of halogens is 1. The normalized spacial score (nSPS) is 15.2. The van der Waals surface area contributed by atoms with E-state index >= 15 is 0 Å². The molecule has 0 bridgehead atoms. The van der Waals surface area contributed by atoms with Crippen molar-refractivity contribution < 1.29 is 4.39 Å². The Labute approximate surface area is 102 Å². The van der Waals surface area contributed by atoms with Crippen LogP contribution in [0.5, 0.6) is 0 Å². The van der Waals surface area contributed by atoms with E-state index in [2.05, 4.69) is 20.8 Å². The van der Waals surface area contributed by atoms with E-state index in [9.17, 15) is 4.39 Å². The van der Waals surface area contributed by atoms with Gasteiger partial charge < -0.3 is 5.73 Å². The van der Waals surface area contributed by atoms with Gasteiger partial charge in [0, 0.05) is 16.2 Å². The summed E-state index contributed by atoms with van der Waals surface area (Å²) in [6.45, 7) is 8.29. The summed E-state index contributed by atoms with van der Waals surface area (Å²) >= 11 is 1.58. The van der Waals surface area contributed by atoms with Crippen molar-refractivity contribution in [2.75, 3.05) is 0 Å². The average molecular weight is 241 g/mol. The van der Waals surface area contributed by atoms with Crippen LogP contribution in [0.25, 0.3) is 0 Å². The highest BCUT2D eigenvalue weighted by Gasteiger charge is 2.16. The van der Waals surface area contributed by atoms with Crippen LogP contribution in [-0.4, -0.2) is 5.25 Å². The molecule has 2 N–H and O–H groups in total. The Kier molecular flexibility index (Phi) is 4.81. The highest BCUT2D eigenvalue weighted by Crippen LogP contribution is 2.34. The highest BCUT2D eigenvalue weighted by molar-refractivity contribution is 8.00. The fourth-order valence-corrected chi connectivity index (χ4v) is 2.54. The summed E-state index contributed by atoms with van der Waals surface area (Å²) in [4.78, 5) is 0.707. The lowest BCUT2D eigenvalue weighted by Gasteiger charge is -2.19. The van der Waals surface area contributed by atoms with Crippen molar-refractivity contribution in [3.8, 4) is 0 Å². The fraction of sp³-hybridized carbons (Fsp3) is 0.538. The number of benzene rings is 1. The van der Waals surface area contributed by atoms with Crippen LogP contribution in [0.2, 0.25) is 0 Å². The van der Waals surface area contributed by atoms with Crippen LogP contribution in [0, 0.1) is 11.7 Å². The molecule has 1 aromatic rings. The summed E-state index contributed by atoms with van der Waals surface area (Å²) in [7, 11) is 0. The summed E-state index contributed by atoms with van der Waals surface area (Å²) in [6, 6.07) is 5.00. The first kappa shape index (κ1) is 13.5. The monoisotopic (exact) mass is 241 g/mol. The Hall–Kier alpha value is -0.540. The minimum absolute atomic E-state index is 0.127. The molecule has 0 saturated carbocycles. The van der Waals surface area contributed by atoms with Gasteiger partial charge in [-0.15, -0.1) is 11.8 Å². The predicted octanol–water partition coefficient (Wildman–Crippen LogP) is 3.98. The van der Waals surface area contributed by atoms with Gasteiger partial charge in [0.1, 0.15) is 5.82 Å². The molecule has 0 amide bonds. The van der Waals surface area contributed by atoms with Crippen molar-refractivity contribution in [1.82, 2.24) is 0 Å². The van der Waals surface area contributed by atoms with Gasteiger partial charge in [0.05, 0.1) is 0 Å². The summed E-state index contributed by atoms with van der Waals surface area (Å²) in [5, 5.41) is 0.384. The van der Waals surface area contributed by atoms with Gasteiger partial charge in [0.15, 0.2) is 0 Å². The molecule has 1 rings (SSSR count). The van der Waals surface area contributed by atoms with Gasteiger partial charge in [-0.25, -0.2) is 4.39 Å². The maximum absolute atomic E-state index is 13.8. The first-order valence-corrected chi connectivity index (χ1v) is 6.52. The molecule has 0 spiro atoms. The smallest absolute Gasteiger partial charge is 0.137 e. The molecule has 0 aromatic heterocycles. The third-order valence-corrected chi connectivity index (χ3v) is 4.31. The number of hydrogen-bond donors (Lipinski definition) is 1. The third kappa shape index (κ3) is 3.22. The van der Waals surface area contributed by atoms with Crippen molar-refractivity contribution in [2.45, 2.75) is 43.9 Å². The van der Waals surface area contributed by atoms with Crippen molar-refractivity contribution >= 4 is 11.8 Å². The molecule has 16 heavy (non-hydrogen) atoms. The second kappa shape index (κ2) is 5.69. The minimum Gasteiger partial charge on any atom is -0.324 e. The van der Waals surface area contributed by atoms with Gasteiger partial charge in [-0.3, -0.25) is 0 Å². The SMILES string of the molecule is CC(C)C(C)Sc1c(F)cccc1[C@H](C)N. The lowest BCUT2D eigenvalue weighted by molar-refractivity contribution is 0.587. The molecule has 0 heterocycles. The second-order valence-corrected chi connectivity index (χ2v) is 5.90. The van der Waals surface area contributed by atoms with E-state index in [0.29, 0.717) is 16.1 Å². The zero-order valence-electron chi connectivity index (χ0n) is 10.3. The molecule has 2 atom stereocenters. The molecule has 1 nitrogen and oxygen atoms in total. The zero-order chi connectivity index (χ0) is 12.3. The Balaban J connectivity index is 3.01. The van der Waals surface area contributed by atoms with Crippen LogP contribution in [0.3, 0.4) is 0 Å². The molecule has 0 radical (unpaired) electrons. The summed E-state index contributed by atoms with van der Waals surface area (Å²) in [5.74, 6) is 0.359. The number of hydrogen-bond acceptors (Lipinski definition) is 2. The van der Waals surface area contributed by atoms with Crippen molar-refractivity contribution in [1.29, 1.82) is 0 Å². The topological polar surface area (TPSA) is 26.0 Å². The van der Waals surface area contributed by atoms with Crippen LogP contribution >= 0.6 is 11.8 Å². The largest absolute Gasteiger partial charge is 0.324 e. The molecule has 90 valence electrons. The van der Waals surface area contributed by atoms with E-state index < -0.39 is 0 Å². The molecule has 1 aromatic carbocycles. The second-order valence-electron chi connectivity index (χ2n) is 4.51. The van der Waals surface area contributed by atoms with E-state index in [0.717, 1.165) is 5.56 Å². The molecule has 0 aliphatic carbocycles. The van der Waals surface area contributed by atoms with Gasteiger partial charge in [0.25, 0.3) is 0 Å². The van der Waals surface area contributed by atoms with E-state index in [-0.39, 0.29) is 11.9 Å². The Morgan fingerprint density at radius 2 is 1.81 bits per heavy atom. The number of nitrogens with two attached hydrogens (primary N) is 1. The molecule has 0 fully saturated rings. The molecule has 0 aliphatic heterocycles. The zero-order valence-corrected chi connectivity index (χ0v) is 11.1. The fourth-order valence-electron chi connectivity index (χ4n) is 1.33. The predicted molar refractivity (Wildman–Crippen MR) is 69.2 cm³/mol. The minimum atomic E-state index is -0.160. The molecular weight excluding hydrogens is 221 g/mol. The van der Waals surface area contributed by atoms with Gasteiger partial charge in [-0.1, -0.05) is 32.9 Å². The molecule has 0 saturated heterocycles. The van der Waals surface area contributed by atoms with Gasteiger partial charge in [-0.05, 0) is 24.5 Å². The van der Waals surface area contributed by atoms with Crippen LogP contribution in [0.4, 0.5) is 4.39 Å². The summed E-state index contributed by atoms with van der Waals surface area (Å²) in [6.07, 6.45) is 0. The molecule has 1 unspecified atom stereocenters.